The van der Waals surface area contributed by atoms with Gasteiger partial charge in [-0.1, -0.05) is 12.8 Å². The molecule has 1 fully saturated rings. The summed E-state index contributed by atoms with van der Waals surface area (Å²) >= 11 is 2.38. The lowest BCUT2D eigenvalue weighted by Gasteiger charge is -2.15. The minimum Gasteiger partial charge on any atom is -0.369 e. The van der Waals surface area contributed by atoms with Crippen molar-refractivity contribution in [3.8, 4) is 11.5 Å². The van der Waals surface area contributed by atoms with Crippen LogP contribution in [0.25, 0.3) is 11.5 Å². The first kappa shape index (κ1) is 14.7. The highest BCUT2D eigenvalue weighted by molar-refractivity contribution is 14.1. The van der Waals surface area contributed by atoms with Gasteiger partial charge in [0.2, 0.25) is 0 Å². The van der Waals surface area contributed by atoms with Crippen molar-refractivity contribution >= 4 is 28.4 Å². The fourth-order valence-electron chi connectivity index (χ4n) is 2.87. The number of aryl methyl sites for hydroxylation is 1. The van der Waals surface area contributed by atoms with Crippen LogP contribution in [0.1, 0.15) is 44.2 Å². The van der Waals surface area contributed by atoms with Crippen LogP contribution in [0.2, 0.25) is 0 Å². The van der Waals surface area contributed by atoms with Gasteiger partial charge in [-0.15, -0.1) is 0 Å². The second-order valence-electron chi connectivity index (χ2n) is 5.48. The Morgan fingerprint density at radius 2 is 2.10 bits per heavy atom. The van der Waals surface area contributed by atoms with E-state index in [4.69, 9.17) is 4.98 Å². The average molecular weight is 397 g/mol. The van der Waals surface area contributed by atoms with Gasteiger partial charge in [0.25, 0.3) is 0 Å². The Balaban J connectivity index is 2.07. The smallest absolute Gasteiger partial charge is 0.182 e. The summed E-state index contributed by atoms with van der Waals surface area (Å²) in [6, 6.07) is 1.97. The van der Waals surface area contributed by atoms with Gasteiger partial charge in [-0.3, -0.25) is 4.68 Å². The predicted molar refractivity (Wildman–Crippen MR) is 92.3 cm³/mol. The molecular weight excluding hydrogens is 377 g/mol. The highest BCUT2D eigenvalue weighted by Crippen LogP contribution is 2.37. The number of halogens is 1. The van der Waals surface area contributed by atoms with Crippen molar-refractivity contribution in [2.45, 2.75) is 38.5 Å². The van der Waals surface area contributed by atoms with Crippen molar-refractivity contribution in [2.75, 3.05) is 11.9 Å². The summed E-state index contributed by atoms with van der Waals surface area (Å²) in [6.07, 6.45) is 7.01. The first-order valence-corrected chi connectivity index (χ1v) is 8.58. The molecule has 0 amide bonds. The molecule has 1 saturated carbocycles. The summed E-state index contributed by atoms with van der Waals surface area (Å²) in [7, 11) is 1.92. The summed E-state index contributed by atoms with van der Waals surface area (Å²) in [5.41, 5.74) is 2.03. The normalized spacial score (nSPS) is 15.6. The second-order valence-corrected chi connectivity index (χ2v) is 6.56. The van der Waals surface area contributed by atoms with Crippen LogP contribution in [0.15, 0.2) is 12.3 Å². The Kier molecular flexibility index (Phi) is 4.42. The molecule has 1 N–H and O–H groups in total. The number of anilines is 1. The van der Waals surface area contributed by atoms with E-state index in [-0.39, 0.29) is 0 Å². The van der Waals surface area contributed by atoms with Crippen molar-refractivity contribution in [3.05, 3.63) is 21.5 Å². The molecular formula is C15H20IN5. The maximum atomic E-state index is 4.85. The van der Waals surface area contributed by atoms with Gasteiger partial charge in [-0.05, 0) is 48.4 Å². The van der Waals surface area contributed by atoms with Crippen LogP contribution in [0.3, 0.4) is 0 Å². The van der Waals surface area contributed by atoms with E-state index in [0.717, 1.165) is 23.9 Å². The second kappa shape index (κ2) is 6.29. The van der Waals surface area contributed by atoms with E-state index in [0.29, 0.717) is 5.92 Å². The van der Waals surface area contributed by atoms with Gasteiger partial charge in [0, 0.05) is 25.7 Å². The highest BCUT2D eigenvalue weighted by atomic mass is 127. The first-order valence-electron chi connectivity index (χ1n) is 7.50. The van der Waals surface area contributed by atoms with Crippen molar-refractivity contribution in [3.63, 3.8) is 0 Å². The van der Waals surface area contributed by atoms with E-state index < -0.39 is 0 Å². The molecule has 0 unspecified atom stereocenters. The Hall–Kier alpha value is -1.18. The highest BCUT2D eigenvalue weighted by Gasteiger charge is 2.24. The largest absolute Gasteiger partial charge is 0.369 e. The van der Waals surface area contributed by atoms with Gasteiger partial charge in [-0.2, -0.15) is 5.10 Å². The van der Waals surface area contributed by atoms with Crippen molar-refractivity contribution in [2.24, 2.45) is 7.05 Å². The quantitative estimate of drug-likeness (QED) is 0.802. The third-order valence-corrected chi connectivity index (χ3v) is 4.97. The van der Waals surface area contributed by atoms with Gasteiger partial charge in [-0.25, -0.2) is 9.97 Å². The Labute approximate surface area is 138 Å². The minimum atomic E-state index is 0.569. The molecule has 0 radical (unpaired) electrons. The number of hydrogen-bond acceptors (Lipinski definition) is 4. The number of nitrogens with one attached hydrogen (secondary N) is 1. The summed E-state index contributed by atoms with van der Waals surface area (Å²) in [6.45, 7) is 2.95. The van der Waals surface area contributed by atoms with Crippen molar-refractivity contribution in [1.29, 1.82) is 0 Å². The summed E-state index contributed by atoms with van der Waals surface area (Å²) < 4.78 is 2.96. The third-order valence-electron chi connectivity index (χ3n) is 3.91. The Morgan fingerprint density at radius 3 is 2.71 bits per heavy atom. The molecule has 3 rings (SSSR count). The average Bonchev–Trinajstić information content (AvgIpc) is 3.12. The van der Waals surface area contributed by atoms with Crippen LogP contribution >= 0.6 is 22.6 Å². The molecule has 0 atom stereocenters. The zero-order valence-electron chi connectivity index (χ0n) is 12.4. The third kappa shape index (κ3) is 3.04. The van der Waals surface area contributed by atoms with Crippen LogP contribution in [-0.4, -0.2) is 26.3 Å². The lowest BCUT2D eigenvalue weighted by molar-refractivity contribution is 0.689. The monoisotopic (exact) mass is 397 g/mol. The van der Waals surface area contributed by atoms with Crippen molar-refractivity contribution < 1.29 is 0 Å². The van der Waals surface area contributed by atoms with E-state index in [9.17, 15) is 0 Å². The van der Waals surface area contributed by atoms with Crippen LogP contribution in [-0.2, 0) is 7.05 Å². The van der Waals surface area contributed by atoms with E-state index in [1.807, 2.05) is 19.3 Å². The number of aromatic nitrogens is 4. The molecule has 2 aromatic rings. The lowest BCUT2D eigenvalue weighted by atomic mass is 10.0. The molecule has 5 nitrogen and oxygen atoms in total. The molecule has 1 aliphatic rings. The molecule has 21 heavy (non-hydrogen) atoms. The van der Waals surface area contributed by atoms with Gasteiger partial charge in [0.05, 0.1) is 9.26 Å². The van der Waals surface area contributed by atoms with E-state index in [1.54, 1.807) is 4.68 Å². The molecule has 0 bridgehead atoms. The van der Waals surface area contributed by atoms with Crippen LogP contribution in [0.5, 0.6) is 0 Å². The fourth-order valence-corrected chi connectivity index (χ4v) is 3.74. The zero-order chi connectivity index (χ0) is 14.8. The van der Waals surface area contributed by atoms with E-state index in [1.165, 1.54) is 34.9 Å². The SMILES string of the molecule is CCNc1nc(-c2ccn(C)n2)nc(C2CCCC2)c1I. The Bertz CT molecular complexity index is 631. The van der Waals surface area contributed by atoms with E-state index in [2.05, 4.69) is 44.9 Å². The van der Waals surface area contributed by atoms with Crippen LogP contribution < -0.4 is 5.32 Å². The van der Waals surface area contributed by atoms with Gasteiger partial charge in [0.15, 0.2) is 5.82 Å². The van der Waals surface area contributed by atoms with Crippen LogP contribution in [0, 0.1) is 3.57 Å². The van der Waals surface area contributed by atoms with Crippen LogP contribution in [0.4, 0.5) is 5.82 Å². The lowest BCUT2D eigenvalue weighted by Crippen LogP contribution is -2.10. The molecule has 0 saturated heterocycles. The number of nitrogens with zero attached hydrogens (tertiary/aromatic N) is 4. The maximum Gasteiger partial charge on any atom is 0.182 e. The summed E-state index contributed by atoms with van der Waals surface area (Å²) in [5, 5.41) is 7.80. The predicted octanol–water partition coefficient (Wildman–Crippen LogP) is 3.57. The molecule has 2 heterocycles. The molecule has 6 heteroatoms. The molecule has 112 valence electrons. The number of hydrogen-bond donors (Lipinski definition) is 1. The van der Waals surface area contributed by atoms with E-state index >= 15 is 0 Å². The Morgan fingerprint density at radius 1 is 1.33 bits per heavy atom. The summed E-state index contributed by atoms with van der Waals surface area (Å²) in [4.78, 5) is 9.52. The standard InChI is InChI=1S/C15H20IN5/c1-3-17-15-12(16)13(10-6-4-5-7-10)18-14(19-15)11-8-9-21(2)20-11/h8-10H,3-7H2,1-2H3,(H,17,18,19). The molecule has 1 aliphatic carbocycles. The minimum absolute atomic E-state index is 0.569. The number of rotatable bonds is 4. The topological polar surface area (TPSA) is 55.6 Å². The molecule has 0 spiro atoms. The fraction of sp³-hybridized carbons (Fsp3) is 0.533. The van der Waals surface area contributed by atoms with Gasteiger partial charge >= 0.3 is 0 Å². The maximum absolute atomic E-state index is 4.85. The summed E-state index contributed by atoms with van der Waals surface area (Å²) in [5.74, 6) is 2.24. The van der Waals surface area contributed by atoms with Gasteiger partial charge < -0.3 is 5.32 Å². The van der Waals surface area contributed by atoms with Gasteiger partial charge in [0.1, 0.15) is 11.5 Å². The zero-order valence-corrected chi connectivity index (χ0v) is 14.6. The molecule has 2 aromatic heterocycles. The molecule has 0 aromatic carbocycles. The molecule has 0 aliphatic heterocycles. The first-order chi connectivity index (χ1) is 10.2. The van der Waals surface area contributed by atoms with Crippen molar-refractivity contribution in [1.82, 2.24) is 19.7 Å².